The van der Waals surface area contributed by atoms with Crippen LogP contribution in [0, 0.1) is 22.7 Å². The van der Waals surface area contributed by atoms with E-state index in [0.29, 0.717) is 28.7 Å². The quantitative estimate of drug-likeness (QED) is 0.419. The van der Waals surface area contributed by atoms with E-state index in [2.05, 4.69) is 4.98 Å². The SMILES string of the molecule is N[C@@H]1Cn2c(nc3c[n+]([O-])ccc32)C[C@H]1c1cc(F)c(F)cc1F. The second-order valence-corrected chi connectivity index (χ2v) is 5.98. The molecule has 0 bridgehead atoms. The summed E-state index contributed by atoms with van der Waals surface area (Å²) in [4.78, 5) is 4.39. The third kappa shape index (κ3) is 2.22. The molecule has 5 nitrogen and oxygen atoms in total. The fourth-order valence-corrected chi connectivity index (χ4v) is 3.32. The van der Waals surface area contributed by atoms with Crippen LogP contribution in [-0.2, 0) is 13.0 Å². The molecule has 1 aliphatic heterocycles. The maximum absolute atomic E-state index is 14.1. The molecule has 1 aliphatic rings. The normalized spacial score (nSPS) is 20.3. The summed E-state index contributed by atoms with van der Waals surface area (Å²) in [5.74, 6) is -3.05. The van der Waals surface area contributed by atoms with Crippen molar-refractivity contribution in [2.75, 3.05) is 0 Å². The topological polar surface area (TPSA) is 70.8 Å². The van der Waals surface area contributed by atoms with E-state index >= 15 is 0 Å². The summed E-state index contributed by atoms with van der Waals surface area (Å²) in [6, 6.07) is 2.55. The van der Waals surface area contributed by atoms with Gasteiger partial charge in [-0.3, -0.25) is 0 Å². The minimum atomic E-state index is -1.23. The van der Waals surface area contributed by atoms with Crippen LogP contribution in [0.2, 0.25) is 0 Å². The Balaban J connectivity index is 1.79. The van der Waals surface area contributed by atoms with Crippen LogP contribution in [0.5, 0.6) is 0 Å². The molecule has 2 N–H and O–H groups in total. The Morgan fingerprint density at radius 1 is 1.21 bits per heavy atom. The largest absolute Gasteiger partial charge is 0.619 e. The lowest BCUT2D eigenvalue weighted by Gasteiger charge is -2.30. The Hall–Kier alpha value is -2.61. The summed E-state index contributed by atoms with van der Waals surface area (Å²) in [5.41, 5.74) is 7.48. The average molecular weight is 334 g/mol. The minimum Gasteiger partial charge on any atom is -0.619 e. The molecule has 0 amide bonds. The smallest absolute Gasteiger partial charge is 0.208 e. The number of nitrogens with two attached hydrogens (primary N) is 1. The van der Waals surface area contributed by atoms with Gasteiger partial charge in [0, 0.05) is 37.1 Å². The van der Waals surface area contributed by atoms with Gasteiger partial charge in [0.15, 0.2) is 23.3 Å². The van der Waals surface area contributed by atoms with Crippen LogP contribution >= 0.6 is 0 Å². The number of hydrogen-bond donors (Lipinski definition) is 1. The summed E-state index contributed by atoms with van der Waals surface area (Å²) in [6.45, 7) is 0.345. The second-order valence-electron chi connectivity index (χ2n) is 5.98. The van der Waals surface area contributed by atoms with E-state index < -0.39 is 29.4 Å². The van der Waals surface area contributed by atoms with Crippen LogP contribution in [0.3, 0.4) is 0 Å². The first kappa shape index (κ1) is 14.9. The van der Waals surface area contributed by atoms with E-state index in [1.54, 1.807) is 6.07 Å². The molecule has 3 aromatic rings. The first-order valence-electron chi connectivity index (χ1n) is 7.42. The summed E-state index contributed by atoms with van der Waals surface area (Å²) in [7, 11) is 0. The first-order chi connectivity index (χ1) is 11.4. The molecule has 0 fully saturated rings. The molecule has 124 valence electrons. The van der Waals surface area contributed by atoms with Gasteiger partial charge < -0.3 is 15.5 Å². The average Bonchev–Trinajstić information content (AvgIpc) is 2.86. The molecule has 2 aromatic heterocycles. The van der Waals surface area contributed by atoms with E-state index in [9.17, 15) is 18.4 Å². The number of imidazole rings is 1. The van der Waals surface area contributed by atoms with Crippen LogP contribution in [0.15, 0.2) is 30.6 Å². The Bertz CT molecular complexity index is 956. The molecule has 0 spiro atoms. The number of pyridine rings is 1. The van der Waals surface area contributed by atoms with Gasteiger partial charge in [-0.25, -0.2) is 18.2 Å². The van der Waals surface area contributed by atoms with E-state index in [1.165, 1.54) is 12.4 Å². The lowest BCUT2D eigenvalue weighted by Crippen LogP contribution is -2.39. The molecule has 0 radical (unpaired) electrons. The van der Waals surface area contributed by atoms with Crippen molar-refractivity contribution < 1.29 is 17.9 Å². The number of aromatic nitrogens is 3. The highest BCUT2D eigenvalue weighted by Gasteiger charge is 2.32. The second kappa shape index (κ2) is 5.20. The first-order valence-corrected chi connectivity index (χ1v) is 7.42. The number of nitrogens with zero attached hydrogens (tertiary/aromatic N) is 3. The number of hydrogen-bond acceptors (Lipinski definition) is 3. The van der Waals surface area contributed by atoms with Gasteiger partial charge in [0.2, 0.25) is 6.20 Å². The van der Waals surface area contributed by atoms with Gasteiger partial charge in [0.25, 0.3) is 0 Å². The number of rotatable bonds is 1. The van der Waals surface area contributed by atoms with Gasteiger partial charge in [-0.2, -0.15) is 4.73 Å². The maximum atomic E-state index is 14.1. The van der Waals surface area contributed by atoms with Crippen molar-refractivity contribution in [3.05, 3.63) is 64.6 Å². The number of fused-ring (bicyclic) bond motifs is 3. The summed E-state index contributed by atoms with van der Waals surface area (Å²) in [5, 5.41) is 11.4. The van der Waals surface area contributed by atoms with Crippen molar-refractivity contribution in [3.63, 3.8) is 0 Å². The monoisotopic (exact) mass is 334 g/mol. The molecule has 0 unspecified atom stereocenters. The van der Waals surface area contributed by atoms with Crippen molar-refractivity contribution in [1.82, 2.24) is 9.55 Å². The number of halogens is 3. The van der Waals surface area contributed by atoms with Crippen LogP contribution in [0.4, 0.5) is 13.2 Å². The van der Waals surface area contributed by atoms with Gasteiger partial charge in [-0.1, -0.05) is 0 Å². The van der Waals surface area contributed by atoms with Crippen LogP contribution in [0.25, 0.3) is 11.0 Å². The van der Waals surface area contributed by atoms with E-state index in [0.717, 1.165) is 11.6 Å². The molecule has 2 atom stereocenters. The fraction of sp³-hybridized carbons (Fsp3) is 0.250. The van der Waals surface area contributed by atoms with Gasteiger partial charge in [0.05, 0.1) is 5.52 Å². The van der Waals surface area contributed by atoms with Crippen molar-refractivity contribution in [1.29, 1.82) is 0 Å². The van der Waals surface area contributed by atoms with Gasteiger partial charge in [-0.15, -0.1) is 0 Å². The molecule has 8 heteroatoms. The molecule has 4 rings (SSSR count). The fourth-order valence-electron chi connectivity index (χ4n) is 3.32. The predicted molar refractivity (Wildman–Crippen MR) is 79.4 cm³/mol. The van der Waals surface area contributed by atoms with E-state index in [4.69, 9.17) is 5.73 Å². The Morgan fingerprint density at radius 2 is 1.96 bits per heavy atom. The highest BCUT2D eigenvalue weighted by atomic mass is 19.2. The molecule has 24 heavy (non-hydrogen) atoms. The molecular weight excluding hydrogens is 321 g/mol. The van der Waals surface area contributed by atoms with Crippen LogP contribution in [-0.4, -0.2) is 15.6 Å². The maximum Gasteiger partial charge on any atom is 0.208 e. The Kier molecular flexibility index (Phi) is 3.24. The third-order valence-electron chi connectivity index (χ3n) is 4.49. The number of benzene rings is 1. The third-order valence-corrected chi connectivity index (χ3v) is 4.49. The standard InChI is InChI=1S/C16H13F3N4O/c17-10-5-12(19)11(18)3-8(10)9-4-16-21-14-7-22(24)2-1-15(14)23(16)6-13(9)20/h1-3,5,7,9,13H,4,6,20H2/t9-,13+/m0/s1. The van der Waals surface area contributed by atoms with Crippen molar-refractivity contribution in [3.8, 4) is 0 Å². The molecular formula is C16H13F3N4O. The van der Waals surface area contributed by atoms with Crippen molar-refractivity contribution in [2.45, 2.75) is 24.9 Å². The van der Waals surface area contributed by atoms with Crippen LogP contribution < -0.4 is 10.5 Å². The lowest BCUT2D eigenvalue weighted by atomic mass is 9.86. The molecule has 0 aliphatic carbocycles. The predicted octanol–water partition coefficient (Wildman–Crippen LogP) is 1.75. The van der Waals surface area contributed by atoms with Crippen molar-refractivity contribution >= 4 is 11.0 Å². The Labute approximate surface area is 134 Å². The van der Waals surface area contributed by atoms with Crippen LogP contribution in [0.1, 0.15) is 17.3 Å². The van der Waals surface area contributed by atoms with Crippen molar-refractivity contribution in [2.24, 2.45) is 5.73 Å². The zero-order valence-corrected chi connectivity index (χ0v) is 12.4. The summed E-state index contributed by atoms with van der Waals surface area (Å²) < 4.78 is 43.3. The highest BCUT2D eigenvalue weighted by Crippen LogP contribution is 2.33. The molecule has 0 saturated carbocycles. The molecule has 1 aromatic carbocycles. The lowest BCUT2D eigenvalue weighted by molar-refractivity contribution is -0.604. The van der Waals surface area contributed by atoms with Gasteiger partial charge in [-0.05, 0) is 11.6 Å². The summed E-state index contributed by atoms with van der Waals surface area (Å²) >= 11 is 0. The highest BCUT2D eigenvalue weighted by molar-refractivity contribution is 5.74. The summed E-state index contributed by atoms with van der Waals surface area (Å²) in [6.07, 6.45) is 2.99. The van der Waals surface area contributed by atoms with E-state index in [-0.39, 0.29) is 12.0 Å². The zero-order valence-electron chi connectivity index (χ0n) is 12.4. The van der Waals surface area contributed by atoms with Gasteiger partial charge in [0.1, 0.15) is 11.6 Å². The van der Waals surface area contributed by atoms with E-state index in [1.807, 2.05) is 4.57 Å². The zero-order chi connectivity index (χ0) is 17.0. The minimum absolute atomic E-state index is 0.0404. The Morgan fingerprint density at radius 3 is 2.75 bits per heavy atom. The molecule has 3 heterocycles. The van der Waals surface area contributed by atoms with Gasteiger partial charge >= 0.3 is 0 Å². The molecule has 0 saturated heterocycles.